The molecule has 0 fully saturated rings. The maximum absolute atomic E-state index is 11.9. The highest BCUT2D eigenvalue weighted by Gasteiger charge is 2.07. The van der Waals surface area contributed by atoms with Crippen LogP contribution in [0.1, 0.15) is 11.1 Å². The van der Waals surface area contributed by atoms with Crippen LogP contribution in [0.3, 0.4) is 0 Å². The molecule has 0 bridgehead atoms. The number of hydrogen-bond donors (Lipinski definition) is 1. The maximum Gasteiger partial charge on any atom is 0.244 e. The van der Waals surface area contributed by atoms with Gasteiger partial charge in [0, 0.05) is 34.7 Å². The molecule has 0 saturated carbocycles. The molecule has 0 aliphatic carbocycles. The van der Waals surface area contributed by atoms with E-state index in [0.29, 0.717) is 18.0 Å². The summed E-state index contributed by atoms with van der Waals surface area (Å²) in [6, 6.07) is 13.3. The first kappa shape index (κ1) is 20.2. The minimum absolute atomic E-state index is 0.137. The van der Waals surface area contributed by atoms with Gasteiger partial charge in [-0.15, -0.1) is 0 Å². The molecule has 6 heteroatoms. The highest BCUT2D eigenvalue weighted by atomic mass is 35.5. The van der Waals surface area contributed by atoms with Gasteiger partial charge in [-0.2, -0.15) is 11.8 Å². The molecule has 0 unspecified atom stereocenters. The van der Waals surface area contributed by atoms with Gasteiger partial charge in [-0.05, 0) is 29.8 Å². The van der Waals surface area contributed by atoms with E-state index in [1.165, 1.54) is 11.6 Å². The number of para-hydroxylation sites is 1. The third-order valence-corrected chi connectivity index (χ3v) is 4.86. The molecule has 1 N–H and O–H groups in total. The molecule has 2 aromatic rings. The van der Waals surface area contributed by atoms with E-state index in [-0.39, 0.29) is 5.91 Å². The maximum atomic E-state index is 11.9. The first-order valence-electron chi connectivity index (χ1n) is 8.13. The van der Waals surface area contributed by atoms with Crippen molar-refractivity contribution in [3.05, 3.63) is 64.7 Å². The zero-order chi connectivity index (χ0) is 18.8. The standard InChI is InChI=1S/C20H22ClNO3S/c1-24-18-5-3-4-16(20(18)25-2)8-11-19(23)22-12-13-26-14-15-6-9-17(21)10-7-15/h3-11H,12-14H2,1-2H3,(H,22,23)/b11-8+. The summed E-state index contributed by atoms with van der Waals surface area (Å²) in [6.07, 6.45) is 3.22. The van der Waals surface area contributed by atoms with Crippen LogP contribution >= 0.6 is 23.4 Å². The average Bonchev–Trinajstić information content (AvgIpc) is 2.67. The predicted octanol–water partition coefficient (Wildman–Crippen LogP) is 4.42. The van der Waals surface area contributed by atoms with Gasteiger partial charge in [0.05, 0.1) is 14.2 Å². The highest BCUT2D eigenvalue weighted by molar-refractivity contribution is 7.98. The van der Waals surface area contributed by atoms with Gasteiger partial charge in [-0.1, -0.05) is 35.9 Å². The Morgan fingerprint density at radius 1 is 1.15 bits per heavy atom. The van der Waals surface area contributed by atoms with Crippen molar-refractivity contribution in [1.82, 2.24) is 5.32 Å². The molecule has 2 aromatic carbocycles. The third kappa shape index (κ3) is 6.32. The van der Waals surface area contributed by atoms with Crippen LogP contribution in [0.25, 0.3) is 6.08 Å². The van der Waals surface area contributed by atoms with E-state index >= 15 is 0 Å². The van der Waals surface area contributed by atoms with Crippen LogP contribution in [0.5, 0.6) is 11.5 Å². The number of amides is 1. The fourth-order valence-electron chi connectivity index (χ4n) is 2.28. The molecule has 0 heterocycles. The number of rotatable bonds is 9. The minimum Gasteiger partial charge on any atom is -0.493 e. The van der Waals surface area contributed by atoms with Crippen molar-refractivity contribution in [1.29, 1.82) is 0 Å². The fourth-order valence-corrected chi connectivity index (χ4v) is 3.23. The number of carbonyl (C=O) groups is 1. The van der Waals surface area contributed by atoms with E-state index in [4.69, 9.17) is 21.1 Å². The molecular formula is C20H22ClNO3S. The first-order valence-corrected chi connectivity index (χ1v) is 9.66. The Kier molecular flexibility index (Phi) is 8.38. The molecule has 0 saturated heterocycles. The van der Waals surface area contributed by atoms with Crippen molar-refractivity contribution in [3.63, 3.8) is 0 Å². The SMILES string of the molecule is COc1cccc(/C=C/C(=O)NCCSCc2ccc(Cl)cc2)c1OC. The number of thioether (sulfide) groups is 1. The molecule has 4 nitrogen and oxygen atoms in total. The molecular weight excluding hydrogens is 370 g/mol. The lowest BCUT2D eigenvalue weighted by Gasteiger charge is -2.09. The fraction of sp³-hybridized carbons (Fsp3) is 0.250. The second-order valence-corrected chi connectivity index (χ2v) is 6.93. The number of methoxy groups -OCH3 is 2. The molecule has 0 spiro atoms. The van der Waals surface area contributed by atoms with Crippen LogP contribution in [-0.4, -0.2) is 32.4 Å². The summed E-state index contributed by atoms with van der Waals surface area (Å²) in [5.41, 5.74) is 2.01. The van der Waals surface area contributed by atoms with E-state index in [9.17, 15) is 4.79 Å². The van der Waals surface area contributed by atoms with Gasteiger partial charge >= 0.3 is 0 Å². The normalized spacial score (nSPS) is 10.7. The quantitative estimate of drug-likeness (QED) is 0.507. The van der Waals surface area contributed by atoms with Crippen LogP contribution in [-0.2, 0) is 10.5 Å². The van der Waals surface area contributed by atoms with Crippen LogP contribution in [0.15, 0.2) is 48.5 Å². The lowest BCUT2D eigenvalue weighted by molar-refractivity contribution is -0.116. The summed E-state index contributed by atoms with van der Waals surface area (Å²) in [7, 11) is 3.16. The number of ether oxygens (including phenoxy) is 2. The topological polar surface area (TPSA) is 47.6 Å². The number of hydrogen-bond acceptors (Lipinski definition) is 4. The van der Waals surface area contributed by atoms with E-state index in [2.05, 4.69) is 5.32 Å². The predicted molar refractivity (Wildman–Crippen MR) is 109 cm³/mol. The van der Waals surface area contributed by atoms with E-state index in [1.54, 1.807) is 32.1 Å². The molecule has 138 valence electrons. The van der Waals surface area contributed by atoms with Crippen molar-refractivity contribution in [2.75, 3.05) is 26.5 Å². The summed E-state index contributed by atoms with van der Waals surface area (Å²) in [4.78, 5) is 11.9. The molecule has 0 aliphatic heterocycles. The highest BCUT2D eigenvalue weighted by Crippen LogP contribution is 2.31. The van der Waals surface area contributed by atoms with Crippen molar-refractivity contribution in [3.8, 4) is 11.5 Å². The molecule has 0 aromatic heterocycles. The summed E-state index contributed by atoms with van der Waals surface area (Å²) in [5.74, 6) is 2.84. The number of benzene rings is 2. The van der Waals surface area contributed by atoms with Crippen molar-refractivity contribution >= 4 is 35.3 Å². The third-order valence-electron chi connectivity index (χ3n) is 3.58. The molecule has 26 heavy (non-hydrogen) atoms. The Balaban J connectivity index is 1.75. The van der Waals surface area contributed by atoms with Gasteiger partial charge in [0.25, 0.3) is 0 Å². The Labute approximate surface area is 163 Å². The monoisotopic (exact) mass is 391 g/mol. The lowest BCUT2D eigenvalue weighted by atomic mass is 10.1. The van der Waals surface area contributed by atoms with E-state index in [1.807, 2.05) is 42.5 Å². The van der Waals surface area contributed by atoms with Gasteiger partial charge in [0.1, 0.15) is 0 Å². The van der Waals surface area contributed by atoms with Crippen LogP contribution < -0.4 is 14.8 Å². The molecule has 0 aliphatic rings. The Morgan fingerprint density at radius 3 is 2.62 bits per heavy atom. The number of halogens is 1. The molecule has 2 rings (SSSR count). The lowest BCUT2D eigenvalue weighted by Crippen LogP contribution is -2.23. The molecule has 0 atom stereocenters. The largest absolute Gasteiger partial charge is 0.493 e. The smallest absolute Gasteiger partial charge is 0.244 e. The Bertz CT molecular complexity index is 747. The Morgan fingerprint density at radius 2 is 1.92 bits per heavy atom. The van der Waals surface area contributed by atoms with Crippen LogP contribution in [0.4, 0.5) is 0 Å². The average molecular weight is 392 g/mol. The summed E-state index contributed by atoms with van der Waals surface area (Å²) in [6.45, 7) is 0.608. The second kappa shape index (κ2) is 10.8. The Hall–Kier alpha value is -2.11. The van der Waals surface area contributed by atoms with Gasteiger partial charge in [-0.25, -0.2) is 0 Å². The van der Waals surface area contributed by atoms with Crippen LogP contribution in [0, 0.1) is 0 Å². The first-order chi connectivity index (χ1) is 12.6. The van der Waals surface area contributed by atoms with Crippen molar-refractivity contribution < 1.29 is 14.3 Å². The summed E-state index contributed by atoms with van der Waals surface area (Å²) >= 11 is 7.63. The zero-order valence-corrected chi connectivity index (χ0v) is 16.4. The van der Waals surface area contributed by atoms with Gasteiger partial charge in [0.15, 0.2) is 11.5 Å². The van der Waals surface area contributed by atoms with E-state index in [0.717, 1.165) is 22.1 Å². The van der Waals surface area contributed by atoms with Gasteiger partial charge < -0.3 is 14.8 Å². The van der Waals surface area contributed by atoms with Crippen LogP contribution in [0.2, 0.25) is 5.02 Å². The van der Waals surface area contributed by atoms with Crippen molar-refractivity contribution in [2.24, 2.45) is 0 Å². The van der Waals surface area contributed by atoms with Gasteiger partial charge in [-0.3, -0.25) is 4.79 Å². The minimum atomic E-state index is -0.137. The number of carbonyl (C=O) groups excluding carboxylic acids is 1. The summed E-state index contributed by atoms with van der Waals surface area (Å²) in [5, 5.41) is 3.62. The second-order valence-electron chi connectivity index (χ2n) is 5.39. The molecule has 0 radical (unpaired) electrons. The molecule has 1 amide bonds. The summed E-state index contributed by atoms with van der Waals surface area (Å²) < 4.78 is 10.6. The zero-order valence-electron chi connectivity index (χ0n) is 14.8. The van der Waals surface area contributed by atoms with E-state index < -0.39 is 0 Å². The van der Waals surface area contributed by atoms with Crippen molar-refractivity contribution in [2.45, 2.75) is 5.75 Å². The number of nitrogens with one attached hydrogen (secondary N) is 1. The van der Waals surface area contributed by atoms with Gasteiger partial charge in [0.2, 0.25) is 5.91 Å².